The van der Waals surface area contributed by atoms with E-state index in [1.807, 2.05) is 12.1 Å². The van der Waals surface area contributed by atoms with E-state index in [9.17, 15) is 0 Å². The van der Waals surface area contributed by atoms with Crippen LogP contribution in [0.1, 0.15) is 16.7 Å². The van der Waals surface area contributed by atoms with Crippen molar-refractivity contribution in [3.8, 4) is 12.1 Å². The maximum absolute atomic E-state index is 8.82. The van der Waals surface area contributed by atoms with Crippen molar-refractivity contribution in [2.75, 3.05) is 21.1 Å². The van der Waals surface area contributed by atoms with Crippen molar-refractivity contribution >= 4 is 0 Å². The third-order valence-electron chi connectivity index (χ3n) is 1.91. The number of quaternary nitrogens is 1. The van der Waals surface area contributed by atoms with Gasteiger partial charge in [0.1, 0.15) is 6.54 Å². The number of hydrogen-bond acceptors (Lipinski definition) is 2. The minimum absolute atomic E-state index is 0.553. The van der Waals surface area contributed by atoms with E-state index in [0.29, 0.717) is 11.1 Å². The van der Waals surface area contributed by atoms with E-state index < -0.39 is 0 Å². The predicted octanol–water partition coefficient (Wildman–Crippen LogP) is 1.64. The topological polar surface area (TPSA) is 47.6 Å². The molecular weight excluding hydrogens is 186 g/mol. The highest BCUT2D eigenvalue weighted by Crippen LogP contribution is 2.12. The third kappa shape index (κ3) is 3.42. The normalized spacial score (nSPS) is 10.5. The fraction of sp³-hybridized carbons (Fsp3) is 0.333. The molecule has 0 saturated carbocycles. The molecule has 3 heteroatoms. The van der Waals surface area contributed by atoms with E-state index in [4.69, 9.17) is 10.5 Å². The van der Waals surface area contributed by atoms with Gasteiger partial charge in [-0.2, -0.15) is 10.5 Å². The van der Waals surface area contributed by atoms with Crippen LogP contribution in [0.4, 0.5) is 0 Å². The molecule has 1 rings (SSSR count). The Hall–Kier alpha value is -1.84. The molecule has 0 radical (unpaired) electrons. The summed E-state index contributed by atoms with van der Waals surface area (Å²) in [7, 11) is 6.22. The summed E-state index contributed by atoms with van der Waals surface area (Å²) < 4.78 is 0.778. The quantitative estimate of drug-likeness (QED) is 0.681. The lowest BCUT2D eigenvalue weighted by molar-refractivity contribution is -0.884. The minimum Gasteiger partial charge on any atom is -0.327 e. The Morgan fingerprint density at radius 2 is 1.47 bits per heavy atom. The van der Waals surface area contributed by atoms with Gasteiger partial charge in [-0.05, 0) is 18.2 Å². The molecule has 0 bridgehead atoms. The zero-order valence-electron chi connectivity index (χ0n) is 9.28. The summed E-state index contributed by atoms with van der Waals surface area (Å²) in [5.41, 5.74) is 2.13. The van der Waals surface area contributed by atoms with Crippen molar-refractivity contribution in [1.29, 1.82) is 10.5 Å². The first kappa shape index (κ1) is 11.2. The van der Waals surface area contributed by atoms with Crippen molar-refractivity contribution in [2.24, 2.45) is 0 Å². The zero-order chi connectivity index (χ0) is 11.5. The van der Waals surface area contributed by atoms with Gasteiger partial charge in [0.05, 0.1) is 44.4 Å². The van der Waals surface area contributed by atoms with Crippen LogP contribution in [0.2, 0.25) is 0 Å². The first-order chi connectivity index (χ1) is 6.94. The largest absolute Gasteiger partial charge is 0.327 e. The maximum Gasteiger partial charge on any atom is 0.104 e. The molecule has 1 aromatic rings. The highest BCUT2D eigenvalue weighted by molar-refractivity contribution is 5.42. The average molecular weight is 200 g/mol. The fourth-order valence-corrected chi connectivity index (χ4v) is 1.46. The smallest absolute Gasteiger partial charge is 0.104 e. The van der Waals surface area contributed by atoms with Crippen LogP contribution >= 0.6 is 0 Å². The second-order valence-electron chi connectivity index (χ2n) is 4.59. The molecule has 0 fully saturated rings. The van der Waals surface area contributed by atoms with Crippen LogP contribution in [-0.2, 0) is 6.54 Å². The Kier molecular flexibility index (Phi) is 3.09. The standard InChI is InChI=1S/C12H14N3/c1-15(2,3)9-12-5-10(7-13)4-11(6-12)8-14/h4-6H,9H2,1-3H3/q+1. The van der Waals surface area contributed by atoms with Gasteiger partial charge in [-0.25, -0.2) is 0 Å². The van der Waals surface area contributed by atoms with Gasteiger partial charge in [-0.15, -0.1) is 0 Å². The van der Waals surface area contributed by atoms with Gasteiger partial charge in [-0.3, -0.25) is 0 Å². The van der Waals surface area contributed by atoms with Gasteiger partial charge < -0.3 is 4.48 Å². The first-order valence-corrected chi connectivity index (χ1v) is 4.69. The van der Waals surface area contributed by atoms with Crippen molar-refractivity contribution in [3.05, 3.63) is 34.9 Å². The highest BCUT2D eigenvalue weighted by atomic mass is 15.3. The van der Waals surface area contributed by atoms with E-state index in [2.05, 4.69) is 33.3 Å². The number of benzene rings is 1. The van der Waals surface area contributed by atoms with Gasteiger partial charge in [0.2, 0.25) is 0 Å². The molecule has 76 valence electrons. The summed E-state index contributed by atoms with van der Waals surface area (Å²) >= 11 is 0. The van der Waals surface area contributed by atoms with Crippen LogP contribution in [0.5, 0.6) is 0 Å². The molecule has 0 saturated heterocycles. The molecule has 0 spiro atoms. The second kappa shape index (κ2) is 4.13. The summed E-state index contributed by atoms with van der Waals surface area (Å²) in [5.74, 6) is 0. The molecule has 15 heavy (non-hydrogen) atoms. The van der Waals surface area contributed by atoms with Crippen molar-refractivity contribution in [2.45, 2.75) is 6.54 Å². The van der Waals surface area contributed by atoms with Crippen LogP contribution in [0.3, 0.4) is 0 Å². The SMILES string of the molecule is C[N+](C)(C)Cc1cc(C#N)cc(C#N)c1. The average Bonchev–Trinajstić information content (AvgIpc) is 2.14. The molecule has 0 aliphatic carbocycles. The Bertz CT molecular complexity index is 409. The molecule has 0 aliphatic heterocycles. The van der Waals surface area contributed by atoms with E-state index in [1.165, 1.54) is 0 Å². The molecule has 0 N–H and O–H groups in total. The summed E-state index contributed by atoms with van der Waals surface area (Å²) in [6.07, 6.45) is 0. The summed E-state index contributed by atoms with van der Waals surface area (Å²) in [4.78, 5) is 0. The summed E-state index contributed by atoms with van der Waals surface area (Å²) in [5, 5.41) is 17.6. The first-order valence-electron chi connectivity index (χ1n) is 4.69. The highest BCUT2D eigenvalue weighted by Gasteiger charge is 2.10. The van der Waals surface area contributed by atoms with Crippen molar-refractivity contribution in [1.82, 2.24) is 0 Å². The van der Waals surface area contributed by atoms with Gasteiger partial charge in [0, 0.05) is 5.56 Å². The Morgan fingerprint density at radius 1 is 1.00 bits per heavy atom. The predicted molar refractivity (Wildman–Crippen MR) is 57.6 cm³/mol. The number of nitriles is 2. The van der Waals surface area contributed by atoms with E-state index in [0.717, 1.165) is 16.6 Å². The van der Waals surface area contributed by atoms with Gasteiger partial charge in [0.15, 0.2) is 0 Å². The summed E-state index contributed by atoms with van der Waals surface area (Å²) in [6.45, 7) is 0.810. The minimum atomic E-state index is 0.553. The molecule has 0 aliphatic rings. The van der Waals surface area contributed by atoms with Gasteiger partial charge in [-0.1, -0.05) is 0 Å². The molecule has 0 aromatic heterocycles. The van der Waals surface area contributed by atoms with Crippen LogP contribution in [-0.4, -0.2) is 25.6 Å². The lowest BCUT2D eigenvalue weighted by Gasteiger charge is -2.23. The lowest BCUT2D eigenvalue weighted by Crippen LogP contribution is -2.33. The van der Waals surface area contributed by atoms with Crippen LogP contribution in [0.15, 0.2) is 18.2 Å². The maximum atomic E-state index is 8.82. The van der Waals surface area contributed by atoms with Crippen LogP contribution in [0, 0.1) is 22.7 Å². The molecule has 3 nitrogen and oxygen atoms in total. The monoisotopic (exact) mass is 200 g/mol. The number of rotatable bonds is 2. The van der Waals surface area contributed by atoms with Crippen LogP contribution in [0.25, 0.3) is 0 Å². The van der Waals surface area contributed by atoms with Crippen molar-refractivity contribution < 1.29 is 4.48 Å². The lowest BCUT2D eigenvalue weighted by atomic mass is 10.1. The fourth-order valence-electron chi connectivity index (χ4n) is 1.46. The van der Waals surface area contributed by atoms with E-state index in [-0.39, 0.29) is 0 Å². The Morgan fingerprint density at radius 3 is 1.80 bits per heavy atom. The second-order valence-corrected chi connectivity index (χ2v) is 4.59. The molecule has 0 atom stereocenters. The molecule has 0 heterocycles. The van der Waals surface area contributed by atoms with E-state index in [1.54, 1.807) is 6.07 Å². The van der Waals surface area contributed by atoms with Crippen molar-refractivity contribution in [3.63, 3.8) is 0 Å². The zero-order valence-corrected chi connectivity index (χ0v) is 9.28. The number of hydrogen-bond donors (Lipinski definition) is 0. The Balaban J connectivity index is 3.10. The third-order valence-corrected chi connectivity index (χ3v) is 1.91. The van der Waals surface area contributed by atoms with Gasteiger partial charge >= 0.3 is 0 Å². The molecule has 0 amide bonds. The van der Waals surface area contributed by atoms with Crippen LogP contribution < -0.4 is 0 Å². The summed E-state index contributed by atoms with van der Waals surface area (Å²) in [6, 6.07) is 9.43. The van der Waals surface area contributed by atoms with Gasteiger partial charge in [0.25, 0.3) is 0 Å². The van der Waals surface area contributed by atoms with E-state index >= 15 is 0 Å². The number of nitrogens with zero attached hydrogens (tertiary/aromatic N) is 3. The molecule has 0 unspecified atom stereocenters. The molecule has 1 aromatic carbocycles. The molecular formula is C12H14N3+. The Labute approximate surface area is 90.4 Å².